The van der Waals surface area contributed by atoms with Crippen molar-refractivity contribution < 1.29 is 42.5 Å². The molecule has 3 rings (SSSR count). The minimum atomic E-state index is -1.43. The predicted octanol–water partition coefficient (Wildman–Crippen LogP) is 3.33. The molecule has 0 bridgehead atoms. The van der Waals surface area contributed by atoms with E-state index in [1.165, 1.54) is 20.4 Å². The number of amides is 2. The summed E-state index contributed by atoms with van der Waals surface area (Å²) in [5, 5.41) is 19.5. The third-order valence-corrected chi connectivity index (χ3v) is 8.42. The van der Waals surface area contributed by atoms with Gasteiger partial charge in [-0.15, -0.1) is 0 Å². The number of halogens is 4. The average Bonchev–Trinajstić information content (AvgIpc) is 2.99. The number of methoxy groups -OCH3 is 2. The van der Waals surface area contributed by atoms with E-state index in [9.17, 15) is 33.1 Å². The Morgan fingerprint density at radius 2 is 1.63 bits per heavy atom. The van der Waals surface area contributed by atoms with Crippen molar-refractivity contribution in [3.05, 3.63) is 51.4 Å². The maximum atomic E-state index is 13.9. The van der Waals surface area contributed by atoms with Gasteiger partial charge in [0.2, 0.25) is 17.1 Å². The first-order chi connectivity index (χ1) is 21.7. The van der Waals surface area contributed by atoms with Crippen LogP contribution in [0.4, 0.5) is 14.6 Å². The van der Waals surface area contributed by atoms with Gasteiger partial charge in [-0.3, -0.25) is 19.2 Å². The molecule has 1 aromatic carbocycles. The van der Waals surface area contributed by atoms with Gasteiger partial charge in [-0.2, -0.15) is 4.98 Å². The lowest BCUT2D eigenvalue weighted by Gasteiger charge is -2.34. The Bertz CT molecular complexity index is 1380. The fourth-order valence-electron chi connectivity index (χ4n) is 5.43. The molecule has 252 valence electrons. The summed E-state index contributed by atoms with van der Waals surface area (Å²) in [6, 6.07) is 0.323. The highest BCUT2D eigenvalue weighted by Crippen LogP contribution is 2.31. The van der Waals surface area contributed by atoms with Crippen molar-refractivity contribution in [2.75, 3.05) is 19.5 Å². The van der Waals surface area contributed by atoms with Gasteiger partial charge in [0.05, 0.1) is 49.1 Å². The molecule has 1 aliphatic rings. The third kappa shape index (κ3) is 10.6. The number of aliphatic hydroxyl groups excluding tert-OH is 1. The van der Waals surface area contributed by atoms with E-state index in [2.05, 4.69) is 41.8 Å². The molecule has 2 amide bonds. The number of carbonyl (C=O) groups is 4. The van der Waals surface area contributed by atoms with Crippen LogP contribution in [-0.2, 0) is 35.1 Å². The maximum absolute atomic E-state index is 13.9. The number of anilines is 1. The monoisotopic (exact) mass is 731 g/mol. The topological polar surface area (TPSA) is 169 Å². The molecule has 0 saturated heterocycles. The molecule has 6 atom stereocenters. The highest BCUT2D eigenvalue weighted by Gasteiger charge is 2.39. The summed E-state index contributed by atoms with van der Waals surface area (Å²) in [6.07, 6.45) is 0.0246. The molecule has 0 aliphatic heterocycles. The summed E-state index contributed by atoms with van der Waals surface area (Å²) in [4.78, 5) is 59.0. The molecule has 46 heavy (non-hydrogen) atoms. The van der Waals surface area contributed by atoms with Gasteiger partial charge in [0.25, 0.3) is 0 Å². The number of carbonyl (C=O) groups excluding carboxylic acids is 4. The van der Waals surface area contributed by atoms with Crippen molar-refractivity contribution in [3.8, 4) is 0 Å². The fraction of sp³-hybridized carbons (Fsp3) is 0.533. The minimum Gasteiger partial charge on any atom is -0.469 e. The van der Waals surface area contributed by atoms with Crippen LogP contribution >= 0.6 is 27.5 Å². The quantitative estimate of drug-likeness (QED) is 0.177. The van der Waals surface area contributed by atoms with Crippen LogP contribution in [0.15, 0.2) is 28.9 Å². The second-order valence-electron chi connectivity index (χ2n) is 11.5. The van der Waals surface area contributed by atoms with Gasteiger partial charge in [0, 0.05) is 18.3 Å². The van der Waals surface area contributed by atoms with Gasteiger partial charge < -0.3 is 30.5 Å². The fourth-order valence-corrected chi connectivity index (χ4v) is 5.87. The van der Waals surface area contributed by atoms with E-state index in [1.54, 1.807) is 13.8 Å². The van der Waals surface area contributed by atoms with Gasteiger partial charge in [-0.1, -0.05) is 13.8 Å². The van der Waals surface area contributed by atoms with E-state index in [1.807, 2.05) is 0 Å². The summed E-state index contributed by atoms with van der Waals surface area (Å²) < 4.78 is 38.0. The molecule has 0 spiro atoms. The van der Waals surface area contributed by atoms with Crippen LogP contribution in [0.3, 0.4) is 0 Å². The molecule has 0 radical (unpaired) electrons. The number of esters is 2. The zero-order chi connectivity index (χ0) is 34.1. The number of ether oxygens (including phenoxy) is 2. The molecule has 4 N–H and O–H groups in total. The van der Waals surface area contributed by atoms with E-state index in [0.29, 0.717) is 10.5 Å². The Balaban J connectivity index is 1.74. The molecule has 2 aromatic rings. The lowest BCUT2D eigenvalue weighted by atomic mass is 9.78. The molecule has 1 saturated carbocycles. The van der Waals surface area contributed by atoms with E-state index < -0.39 is 77.9 Å². The maximum Gasteiger partial charge on any atom is 0.308 e. The molecule has 1 aliphatic carbocycles. The molecule has 1 fully saturated rings. The van der Waals surface area contributed by atoms with Gasteiger partial charge in [0.15, 0.2) is 0 Å². The summed E-state index contributed by atoms with van der Waals surface area (Å²) in [5.41, 5.74) is 0.202. The van der Waals surface area contributed by atoms with Crippen molar-refractivity contribution in [2.24, 2.45) is 17.8 Å². The van der Waals surface area contributed by atoms with Crippen LogP contribution < -0.4 is 16.0 Å². The van der Waals surface area contributed by atoms with E-state index in [4.69, 9.17) is 21.1 Å². The summed E-state index contributed by atoms with van der Waals surface area (Å²) in [7, 11) is 2.49. The summed E-state index contributed by atoms with van der Waals surface area (Å²) >= 11 is 9.20. The minimum absolute atomic E-state index is 0.104. The van der Waals surface area contributed by atoms with Crippen molar-refractivity contribution >= 4 is 57.1 Å². The number of benzene rings is 1. The smallest absolute Gasteiger partial charge is 0.308 e. The number of hydrogen-bond donors (Lipinski definition) is 4. The second-order valence-corrected chi connectivity index (χ2v) is 12.7. The zero-order valence-electron chi connectivity index (χ0n) is 25.7. The van der Waals surface area contributed by atoms with Crippen LogP contribution in [0.1, 0.15) is 45.1 Å². The number of rotatable bonds is 13. The largest absolute Gasteiger partial charge is 0.469 e. The molecule has 16 heteroatoms. The Kier molecular flexibility index (Phi) is 13.6. The molecule has 12 nitrogen and oxygen atoms in total. The lowest BCUT2D eigenvalue weighted by molar-refractivity contribution is -0.153. The van der Waals surface area contributed by atoms with Crippen LogP contribution in [0.5, 0.6) is 0 Å². The summed E-state index contributed by atoms with van der Waals surface area (Å²) in [5.74, 6) is -5.33. The number of aromatic nitrogens is 2. The second kappa shape index (κ2) is 16.9. The van der Waals surface area contributed by atoms with Gasteiger partial charge in [0.1, 0.15) is 23.5 Å². The van der Waals surface area contributed by atoms with Crippen LogP contribution in [0, 0.1) is 29.4 Å². The Hall–Kier alpha value is -3.43. The van der Waals surface area contributed by atoms with Gasteiger partial charge in [-0.25, -0.2) is 13.8 Å². The average molecular weight is 733 g/mol. The van der Waals surface area contributed by atoms with E-state index in [-0.39, 0.29) is 48.3 Å². The first-order valence-electron chi connectivity index (χ1n) is 14.5. The SMILES string of the molecule is COC(=O)[C@@H]1CC(NC(=O)[C@@H](NC(=O)C[C@H](O)[C@H](Cc2cc(F)cc(F)c2)Nc2nc(Cl)ncc2Br)C(C)C)C[C@H](C(=O)OC)C1. The predicted molar refractivity (Wildman–Crippen MR) is 166 cm³/mol. The normalized spacial score (nSPS) is 19.8. The standard InChI is InChI=1S/C30H37BrClF2N5O7/c1-14(2)25(27(42)36-20-9-16(28(43)45-3)8-17(10-20)29(44)46-4)38-24(41)12-23(40)22(7-15-5-18(33)11-19(34)6-15)37-26-21(31)13-35-30(32)39-26/h5-6,11,13-14,16-17,20,22-23,25,40H,7-10,12H2,1-4H3,(H,36,42)(H,38,41)(H,35,37,39)/t16-,17+,20?,22-,23-,25-/m0/s1. The first-order valence-corrected chi connectivity index (χ1v) is 15.7. The Labute approximate surface area is 278 Å². The Morgan fingerprint density at radius 1 is 1.04 bits per heavy atom. The van der Waals surface area contributed by atoms with Crippen LogP contribution in [0.25, 0.3) is 0 Å². The molecule has 1 aromatic heterocycles. The van der Waals surface area contributed by atoms with Crippen molar-refractivity contribution in [3.63, 3.8) is 0 Å². The highest BCUT2D eigenvalue weighted by molar-refractivity contribution is 9.10. The van der Waals surface area contributed by atoms with Gasteiger partial charge >= 0.3 is 11.9 Å². The third-order valence-electron chi connectivity index (χ3n) is 7.66. The Morgan fingerprint density at radius 3 is 2.17 bits per heavy atom. The number of nitrogens with zero attached hydrogens (tertiary/aromatic N) is 2. The van der Waals surface area contributed by atoms with Crippen molar-refractivity contribution in [2.45, 2.75) is 70.2 Å². The van der Waals surface area contributed by atoms with Crippen LogP contribution in [0.2, 0.25) is 5.28 Å². The van der Waals surface area contributed by atoms with Gasteiger partial charge in [-0.05, 0) is 76.8 Å². The summed E-state index contributed by atoms with van der Waals surface area (Å²) in [6.45, 7) is 3.44. The van der Waals surface area contributed by atoms with Crippen molar-refractivity contribution in [1.82, 2.24) is 20.6 Å². The number of nitrogens with one attached hydrogen (secondary N) is 3. The number of aliphatic hydroxyl groups is 1. The lowest BCUT2D eigenvalue weighted by Crippen LogP contribution is -2.54. The highest BCUT2D eigenvalue weighted by atomic mass is 79.9. The number of hydrogen-bond acceptors (Lipinski definition) is 10. The first kappa shape index (κ1) is 37.0. The molecular formula is C30H37BrClF2N5O7. The van der Waals surface area contributed by atoms with Crippen molar-refractivity contribution in [1.29, 1.82) is 0 Å². The molecule has 1 heterocycles. The van der Waals surface area contributed by atoms with Crippen LogP contribution in [-0.4, -0.2) is 77.3 Å². The zero-order valence-corrected chi connectivity index (χ0v) is 28.0. The van der Waals surface area contributed by atoms with E-state index >= 15 is 0 Å². The molecular weight excluding hydrogens is 696 g/mol. The molecule has 1 unspecified atom stereocenters. The van der Waals surface area contributed by atoms with E-state index in [0.717, 1.165) is 12.1 Å².